The zero-order valence-electron chi connectivity index (χ0n) is 13.3. The van der Waals surface area contributed by atoms with E-state index in [4.69, 9.17) is 0 Å². The second-order valence-corrected chi connectivity index (χ2v) is 6.89. The predicted octanol–water partition coefficient (Wildman–Crippen LogP) is 2.02. The third-order valence-corrected chi connectivity index (χ3v) is 4.56. The van der Waals surface area contributed by atoms with E-state index in [2.05, 4.69) is 5.10 Å². The number of hydrogen-bond acceptors (Lipinski definition) is 3. The van der Waals surface area contributed by atoms with Crippen LogP contribution in [0, 0.1) is 6.92 Å². The van der Waals surface area contributed by atoms with Crippen molar-refractivity contribution in [2.75, 3.05) is 19.1 Å². The van der Waals surface area contributed by atoms with E-state index in [-0.39, 0.29) is 11.9 Å². The highest BCUT2D eigenvalue weighted by atomic mass is 32.2. The Hall–Kier alpha value is -1.95. The molecule has 0 unspecified atom stereocenters. The van der Waals surface area contributed by atoms with Crippen molar-refractivity contribution in [1.29, 1.82) is 0 Å². The van der Waals surface area contributed by atoms with Crippen molar-refractivity contribution in [1.82, 2.24) is 14.7 Å². The fraction of sp³-hybridized carbons (Fsp3) is 0.375. The SMILES string of the molecule is Cc1nn(-c2ccccc2)cc1C(=O)N(C)[C@@H](C)C[S@](C)=O. The van der Waals surface area contributed by atoms with Gasteiger partial charge in [-0.05, 0) is 26.0 Å². The summed E-state index contributed by atoms with van der Waals surface area (Å²) >= 11 is 0. The summed E-state index contributed by atoms with van der Waals surface area (Å²) in [6.07, 6.45) is 3.40. The van der Waals surface area contributed by atoms with E-state index in [1.807, 2.05) is 44.2 Å². The number of carbonyl (C=O) groups is 1. The first-order chi connectivity index (χ1) is 10.4. The van der Waals surface area contributed by atoms with E-state index >= 15 is 0 Å². The summed E-state index contributed by atoms with van der Waals surface area (Å²) in [6.45, 7) is 3.72. The number of benzene rings is 1. The molecule has 6 heteroatoms. The largest absolute Gasteiger partial charge is 0.338 e. The molecular formula is C16H21N3O2S. The summed E-state index contributed by atoms with van der Waals surface area (Å²) in [7, 11) is 0.802. The van der Waals surface area contributed by atoms with Gasteiger partial charge in [0.1, 0.15) is 0 Å². The second-order valence-electron chi connectivity index (χ2n) is 5.41. The van der Waals surface area contributed by atoms with Gasteiger partial charge in [0.15, 0.2) is 0 Å². The lowest BCUT2D eigenvalue weighted by molar-refractivity contribution is 0.0756. The molecular weight excluding hydrogens is 298 g/mol. The molecule has 118 valence electrons. The molecule has 0 aliphatic carbocycles. The third-order valence-electron chi connectivity index (χ3n) is 3.61. The number of hydrogen-bond donors (Lipinski definition) is 0. The van der Waals surface area contributed by atoms with E-state index in [1.54, 1.807) is 29.1 Å². The van der Waals surface area contributed by atoms with Crippen molar-refractivity contribution in [2.24, 2.45) is 0 Å². The minimum Gasteiger partial charge on any atom is -0.338 e. The zero-order chi connectivity index (χ0) is 16.3. The van der Waals surface area contributed by atoms with Crippen LogP contribution in [0.15, 0.2) is 36.5 Å². The van der Waals surface area contributed by atoms with Crippen LogP contribution in [0.25, 0.3) is 5.69 Å². The number of rotatable bonds is 5. The molecule has 1 aromatic carbocycles. The molecule has 0 radical (unpaired) electrons. The quantitative estimate of drug-likeness (QED) is 0.847. The van der Waals surface area contributed by atoms with Gasteiger partial charge in [-0.25, -0.2) is 4.68 Å². The highest BCUT2D eigenvalue weighted by molar-refractivity contribution is 7.84. The number of amides is 1. The Morgan fingerprint density at radius 1 is 1.36 bits per heavy atom. The average Bonchev–Trinajstić information content (AvgIpc) is 2.88. The molecule has 0 bridgehead atoms. The van der Waals surface area contributed by atoms with Crippen LogP contribution in [0.4, 0.5) is 0 Å². The van der Waals surface area contributed by atoms with Gasteiger partial charge in [-0.15, -0.1) is 0 Å². The van der Waals surface area contributed by atoms with Crippen LogP contribution in [0.3, 0.4) is 0 Å². The molecule has 2 atom stereocenters. The Kier molecular flexibility index (Phi) is 5.13. The van der Waals surface area contributed by atoms with Gasteiger partial charge in [-0.1, -0.05) is 18.2 Å². The first kappa shape index (κ1) is 16.4. The van der Waals surface area contributed by atoms with Crippen molar-refractivity contribution in [2.45, 2.75) is 19.9 Å². The number of aromatic nitrogens is 2. The summed E-state index contributed by atoms with van der Waals surface area (Å²) in [5.41, 5.74) is 2.17. The molecule has 2 aromatic rings. The van der Waals surface area contributed by atoms with Gasteiger partial charge in [0.25, 0.3) is 5.91 Å². The Labute approximate surface area is 133 Å². The van der Waals surface area contributed by atoms with Gasteiger partial charge in [-0.3, -0.25) is 9.00 Å². The molecule has 0 spiro atoms. The molecule has 1 amide bonds. The van der Waals surface area contributed by atoms with E-state index in [0.29, 0.717) is 17.0 Å². The van der Waals surface area contributed by atoms with Crippen LogP contribution < -0.4 is 0 Å². The lowest BCUT2D eigenvalue weighted by Crippen LogP contribution is -2.38. The van der Waals surface area contributed by atoms with Crippen LogP contribution in [0.2, 0.25) is 0 Å². The van der Waals surface area contributed by atoms with Crippen molar-refractivity contribution in [3.63, 3.8) is 0 Å². The van der Waals surface area contributed by atoms with E-state index in [9.17, 15) is 9.00 Å². The van der Waals surface area contributed by atoms with Crippen LogP contribution in [-0.2, 0) is 10.8 Å². The standard InChI is InChI=1S/C16H21N3O2S/c1-12(11-22(4)21)18(3)16(20)15-10-19(17-13(15)2)14-8-6-5-7-9-14/h5-10,12H,11H2,1-4H3/t12-,22-/m0/s1. The highest BCUT2D eigenvalue weighted by Crippen LogP contribution is 2.14. The molecule has 0 saturated carbocycles. The molecule has 2 rings (SSSR count). The summed E-state index contributed by atoms with van der Waals surface area (Å²) in [6, 6.07) is 9.59. The summed E-state index contributed by atoms with van der Waals surface area (Å²) in [5.74, 6) is 0.367. The summed E-state index contributed by atoms with van der Waals surface area (Å²) in [5, 5.41) is 4.41. The van der Waals surface area contributed by atoms with E-state index in [1.165, 1.54) is 0 Å². The number of carbonyl (C=O) groups excluding carboxylic acids is 1. The Morgan fingerprint density at radius 2 is 2.00 bits per heavy atom. The topological polar surface area (TPSA) is 55.2 Å². The molecule has 0 fully saturated rings. The fourth-order valence-corrected chi connectivity index (χ4v) is 3.13. The predicted molar refractivity (Wildman–Crippen MR) is 88.8 cm³/mol. The van der Waals surface area contributed by atoms with Crippen LogP contribution in [-0.4, -0.2) is 49.9 Å². The molecule has 0 aliphatic heterocycles. The van der Waals surface area contributed by atoms with Crippen molar-refractivity contribution >= 4 is 16.7 Å². The minimum absolute atomic E-state index is 0.0854. The van der Waals surface area contributed by atoms with Gasteiger partial charge in [0.2, 0.25) is 0 Å². The van der Waals surface area contributed by atoms with Gasteiger partial charge in [-0.2, -0.15) is 5.10 Å². The number of nitrogens with zero attached hydrogens (tertiary/aromatic N) is 3. The maximum atomic E-state index is 12.6. The lowest BCUT2D eigenvalue weighted by atomic mass is 10.2. The first-order valence-electron chi connectivity index (χ1n) is 7.09. The van der Waals surface area contributed by atoms with Gasteiger partial charge < -0.3 is 4.90 Å². The maximum Gasteiger partial charge on any atom is 0.257 e. The van der Waals surface area contributed by atoms with Gasteiger partial charge in [0, 0.05) is 42.1 Å². The molecule has 0 N–H and O–H groups in total. The lowest BCUT2D eigenvalue weighted by Gasteiger charge is -2.23. The number of para-hydroxylation sites is 1. The van der Waals surface area contributed by atoms with Crippen molar-refractivity contribution < 1.29 is 9.00 Å². The molecule has 1 aromatic heterocycles. The molecule has 0 aliphatic rings. The molecule has 0 saturated heterocycles. The third kappa shape index (κ3) is 3.62. The van der Waals surface area contributed by atoms with E-state index < -0.39 is 10.8 Å². The van der Waals surface area contributed by atoms with Crippen molar-refractivity contribution in [3.8, 4) is 5.69 Å². The second kappa shape index (κ2) is 6.87. The van der Waals surface area contributed by atoms with Gasteiger partial charge >= 0.3 is 0 Å². The highest BCUT2D eigenvalue weighted by Gasteiger charge is 2.22. The summed E-state index contributed by atoms with van der Waals surface area (Å²) < 4.78 is 13.0. The average molecular weight is 319 g/mol. The van der Waals surface area contributed by atoms with Crippen LogP contribution in [0.1, 0.15) is 23.0 Å². The Bertz CT molecular complexity index is 682. The molecule has 5 nitrogen and oxygen atoms in total. The number of aryl methyl sites for hydroxylation is 1. The Morgan fingerprint density at radius 3 is 2.59 bits per heavy atom. The Balaban J connectivity index is 2.24. The smallest absolute Gasteiger partial charge is 0.257 e. The van der Waals surface area contributed by atoms with Crippen LogP contribution in [0.5, 0.6) is 0 Å². The first-order valence-corrected chi connectivity index (χ1v) is 8.81. The maximum absolute atomic E-state index is 12.6. The van der Waals surface area contributed by atoms with Crippen LogP contribution >= 0.6 is 0 Å². The minimum atomic E-state index is -0.934. The molecule has 22 heavy (non-hydrogen) atoms. The normalized spacial score (nSPS) is 13.6. The zero-order valence-corrected chi connectivity index (χ0v) is 14.1. The molecule has 1 heterocycles. The fourth-order valence-electron chi connectivity index (χ4n) is 2.22. The van der Waals surface area contributed by atoms with E-state index in [0.717, 1.165) is 5.69 Å². The summed E-state index contributed by atoms with van der Waals surface area (Å²) in [4.78, 5) is 14.2. The van der Waals surface area contributed by atoms with Gasteiger partial charge in [0.05, 0.1) is 16.9 Å². The monoisotopic (exact) mass is 319 g/mol. The van der Waals surface area contributed by atoms with Crippen molar-refractivity contribution in [3.05, 3.63) is 47.8 Å².